The summed E-state index contributed by atoms with van der Waals surface area (Å²) in [5.41, 5.74) is -0.321. The highest BCUT2D eigenvalue weighted by atomic mass is 35.5. The Kier molecular flexibility index (Phi) is 3.87. The van der Waals surface area contributed by atoms with Gasteiger partial charge in [-0.05, 0) is 12.3 Å². The molecule has 1 rings (SSSR count). The number of carbonyl (C=O) groups excluding carboxylic acids is 2. The molecule has 0 saturated carbocycles. The van der Waals surface area contributed by atoms with Gasteiger partial charge in [-0.1, -0.05) is 39.0 Å². The fourth-order valence-electron chi connectivity index (χ4n) is 1.81. The minimum absolute atomic E-state index is 0.105. The number of hydrogen-bond acceptors (Lipinski definition) is 2. The summed E-state index contributed by atoms with van der Waals surface area (Å²) >= 11 is 5.73. The van der Waals surface area contributed by atoms with Crippen molar-refractivity contribution in [1.29, 1.82) is 0 Å². The first kappa shape index (κ1) is 14.0. The molecule has 0 spiro atoms. The van der Waals surface area contributed by atoms with Crippen LogP contribution >= 0.6 is 11.6 Å². The maximum Gasteiger partial charge on any atom is 0.246 e. The molecule has 0 aromatic heterocycles. The van der Waals surface area contributed by atoms with Gasteiger partial charge in [-0.3, -0.25) is 9.59 Å². The molecule has 0 aromatic carbocycles. The van der Waals surface area contributed by atoms with Crippen molar-refractivity contribution in [3.8, 4) is 0 Å². The predicted octanol–water partition coefficient (Wildman–Crippen LogP) is 1.50. The molecule has 1 aliphatic rings. The molecule has 5 heteroatoms. The van der Waals surface area contributed by atoms with Crippen LogP contribution in [0.2, 0.25) is 0 Å². The van der Waals surface area contributed by atoms with Gasteiger partial charge in [0.05, 0.1) is 6.54 Å². The van der Waals surface area contributed by atoms with Gasteiger partial charge in [0.2, 0.25) is 11.8 Å². The van der Waals surface area contributed by atoms with Crippen LogP contribution < -0.4 is 5.32 Å². The molecule has 2 atom stereocenters. The van der Waals surface area contributed by atoms with Crippen LogP contribution in [0.15, 0.2) is 11.6 Å². The van der Waals surface area contributed by atoms with Crippen molar-refractivity contribution in [3.05, 3.63) is 11.6 Å². The summed E-state index contributed by atoms with van der Waals surface area (Å²) in [7, 11) is 0. The highest BCUT2D eigenvalue weighted by molar-refractivity contribution is 6.29. The highest BCUT2D eigenvalue weighted by Gasteiger charge is 2.43. The Morgan fingerprint density at radius 3 is 2.41 bits per heavy atom. The van der Waals surface area contributed by atoms with Crippen LogP contribution in [0.25, 0.3) is 0 Å². The van der Waals surface area contributed by atoms with E-state index in [0.29, 0.717) is 5.03 Å². The molecule has 1 aliphatic heterocycles. The van der Waals surface area contributed by atoms with E-state index in [-0.39, 0.29) is 23.8 Å². The second-order valence-electron chi connectivity index (χ2n) is 5.47. The van der Waals surface area contributed by atoms with Crippen molar-refractivity contribution < 1.29 is 9.59 Å². The summed E-state index contributed by atoms with van der Waals surface area (Å²) in [6.45, 7) is 11.2. The Morgan fingerprint density at radius 1 is 1.47 bits per heavy atom. The van der Waals surface area contributed by atoms with Crippen LogP contribution in [0.5, 0.6) is 0 Å². The minimum Gasteiger partial charge on any atom is -0.342 e. The number of amides is 2. The minimum atomic E-state index is -0.512. The quantitative estimate of drug-likeness (QED) is 0.816. The monoisotopic (exact) mass is 258 g/mol. The molecule has 2 amide bonds. The van der Waals surface area contributed by atoms with Gasteiger partial charge in [-0.15, -0.1) is 0 Å². The first-order valence-electron chi connectivity index (χ1n) is 5.58. The molecular formula is C12H19ClN2O2. The van der Waals surface area contributed by atoms with Gasteiger partial charge in [-0.25, -0.2) is 0 Å². The summed E-state index contributed by atoms with van der Waals surface area (Å²) in [6, 6.07) is -1.01. The second kappa shape index (κ2) is 4.69. The largest absolute Gasteiger partial charge is 0.342 e. The van der Waals surface area contributed by atoms with E-state index < -0.39 is 12.1 Å². The summed E-state index contributed by atoms with van der Waals surface area (Å²) in [6.07, 6.45) is 0. The van der Waals surface area contributed by atoms with Gasteiger partial charge in [0.25, 0.3) is 0 Å². The normalized spacial score (nSPS) is 25.8. The fraction of sp³-hybridized carbons (Fsp3) is 0.667. The van der Waals surface area contributed by atoms with Gasteiger partial charge in [0.1, 0.15) is 12.1 Å². The van der Waals surface area contributed by atoms with E-state index in [1.807, 2.05) is 20.8 Å². The maximum atomic E-state index is 12.3. The number of nitrogens with one attached hydrogen (secondary N) is 1. The van der Waals surface area contributed by atoms with Crippen LogP contribution in [0.3, 0.4) is 0 Å². The predicted molar refractivity (Wildman–Crippen MR) is 67.6 cm³/mol. The van der Waals surface area contributed by atoms with Crippen LogP contribution in [-0.4, -0.2) is 35.3 Å². The van der Waals surface area contributed by atoms with E-state index >= 15 is 0 Å². The van der Waals surface area contributed by atoms with Crippen molar-refractivity contribution in [1.82, 2.24) is 10.2 Å². The molecule has 2 unspecified atom stereocenters. The first-order valence-corrected chi connectivity index (χ1v) is 5.96. The van der Waals surface area contributed by atoms with Crippen LogP contribution in [0, 0.1) is 5.41 Å². The number of carbonyl (C=O) groups is 2. The lowest BCUT2D eigenvalue weighted by Gasteiger charge is -2.42. The summed E-state index contributed by atoms with van der Waals surface area (Å²) in [4.78, 5) is 25.6. The highest BCUT2D eigenvalue weighted by Crippen LogP contribution is 2.25. The number of rotatable bonds is 2. The number of piperazine rings is 1. The SMILES string of the molecule is C=C(Cl)CN1C(=O)C(C(C)(C)C)NC(=O)C1C. The van der Waals surface area contributed by atoms with Gasteiger partial charge < -0.3 is 10.2 Å². The van der Waals surface area contributed by atoms with Gasteiger partial charge in [0, 0.05) is 5.03 Å². The smallest absolute Gasteiger partial charge is 0.246 e. The maximum absolute atomic E-state index is 12.3. The Bertz CT molecular complexity index is 360. The van der Waals surface area contributed by atoms with Crippen molar-refractivity contribution in [2.45, 2.75) is 39.8 Å². The molecule has 0 aromatic rings. The molecule has 17 heavy (non-hydrogen) atoms. The summed E-state index contributed by atoms with van der Waals surface area (Å²) in [5, 5.41) is 3.11. The number of nitrogens with zero attached hydrogens (tertiary/aromatic N) is 1. The number of halogens is 1. The third-order valence-corrected chi connectivity index (χ3v) is 2.99. The lowest BCUT2D eigenvalue weighted by atomic mass is 9.84. The van der Waals surface area contributed by atoms with E-state index in [2.05, 4.69) is 11.9 Å². The Morgan fingerprint density at radius 2 is 2.00 bits per heavy atom. The van der Waals surface area contributed by atoms with Crippen LogP contribution in [0.1, 0.15) is 27.7 Å². The van der Waals surface area contributed by atoms with Gasteiger partial charge >= 0.3 is 0 Å². The summed E-state index contributed by atoms with van der Waals surface area (Å²) in [5.74, 6) is -0.256. The molecule has 0 radical (unpaired) electrons. The molecule has 1 heterocycles. The summed E-state index contributed by atoms with van der Waals surface area (Å²) < 4.78 is 0. The molecule has 0 bridgehead atoms. The zero-order valence-corrected chi connectivity index (χ0v) is 11.5. The molecule has 4 nitrogen and oxygen atoms in total. The van der Waals surface area contributed by atoms with E-state index in [4.69, 9.17) is 11.6 Å². The van der Waals surface area contributed by atoms with Crippen molar-refractivity contribution in [3.63, 3.8) is 0 Å². The molecule has 1 saturated heterocycles. The van der Waals surface area contributed by atoms with Gasteiger partial charge in [-0.2, -0.15) is 0 Å². The van der Waals surface area contributed by atoms with Crippen LogP contribution in [-0.2, 0) is 9.59 Å². The topological polar surface area (TPSA) is 49.4 Å². The zero-order valence-electron chi connectivity index (χ0n) is 10.7. The van der Waals surface area contributed by atoms with E-state index in [1.54, 1.807) is 6.92 Å². The Balaban J connectivity index is 2.99. The fourth-order valence-corrected chi connectivity index (χ4v) is 1.94. The molecule has 1 fully saturated rings. The average Bonchev–Trinajstić information content (AvgIpc) is 2.16. The van der Waals surface area contributed by atoms with E-state index in [0.717, 1.165) is 0 Å². The second-order valence-corrected chi connectivity index (χ2v) is 6.00. The average molecular weight is 259 g/mol. The zero-order chi connectivity index (χ0) is 13.4. The Hall–Kier alpha value is -1.03. The van der Waals surface area contributed by atoms with E-state index in [1.165, 1.54) is 4.90 Å². The lowest BCUT2D eigenvalue weighted by Crippen LogP contribution is -2.65. The third-order valence-electron chi connectivity index (χ3n) is 2.87. The van der Waals surface area contributed by atoms with Crippen molar-refractivity contribution in [2.24, 2.45) is 5.41 Å². The third kappa shape index (κ3) is 3.00. The standard InChI is InChI=1S/C12H19ClN2O2/c1-7(13)6-15-8(2)10(16)14-9(11(15)17)12(3,4)5/h8-9H,1,6H2,2-5H3,(H,14,16). The van der Waals surface area contributed by atoms with Crippen molar-refractivity contribution in [2.75, 3.05) is 6.54 Å². The van der Waals surface area contributed by atoms with Gasteiger partial charge in [0.15, 0.2) is 0 Å². The first-order chi connectivity index (χ1) is 7.64. The number of hydrogen-bond donors (Lipinski definition) is 1. The Labute approximate surface area is 107 Å². The van der Waals surface area contributed by atoms with Crippen molar-refractivity contribution >= 4 is 23.4 Å². The molecule has 96 valence electrons. The molecular weight excluding hydrogens is 240 g/mol. The van der Waals surface area contributed by atoms with Crippen LogP contribution in [0.4, 0.5) is 0 Å². The molecule has 0 aliphatic carbocycles. The molecule has 1 N–H and O–H groups in total. The van der Waals surface area contributed by atoms with E-state index in [9.17, 15) is 9.59 Å². The lowest BCUT2D eigenvalue weighted by molar-refractivity contribution is -0.151.